The molecule has 2 atom stereocenters. The van der Waals surface area contributed by atoms with E-state index in [0.717, 1.165) is 0 Å². The van der Waals surface area contributed by atoms with Gasteiger partial charge < -0.3 is 10.4 Å². The Morgan fingerprint density at radius 1 is 1.45 bits per heavy atom. The molecule has 11 heavy (non-hydrogen) atoms. The molecule has 64 valence electrons. The van der Waals surface area contributed by atoms with Crippen LogP contribution in [0, 0.1) is 5.92 Å². The second-order valence-electron chi connectivity index (χ2n) is 2.59. The maximum atomic E-state index is 10.3. The van der Waals surface area contributed by atoms with E-state index in [1.807, 2.05) is 20.0 Å². The average molecular weight is 157 g/mol. The van der Waals surface area contributed by atoms with Crippen molar-refractivity contribution < 1.29 is 9.90 Å². The summed E-state index contributed by atoms with van der Waals surface area (Å²) in [6, 6.07) is 0.233. The number of likely N-dealkylation sites (N-methyl/N-ethyl adjacent to an activating group) is 1. The highest BCUT2D eigenvalue weighted by Crippen LogP contribution is 1.97. The van der Waals surface area contributed by atoms with E-state index in [-0.39, 0.29) is 6.04 Å². The monoisotopic (exact) mass is 157 g/mol. The Hall–Kier alpha value is -0.830. The normalized spacial score (nSPS) is 16.6. The lowest BCUT2D eigenvalue weighted by molar-refractivity contribution is -0.139. The lowest BCUT2D eigenvalue weighted by Crippen LogP contribution is -2.18. The number of nitrogens with one attached hydrogen (secondary N) is 1. The molecule has 0 spiro atoms. The van der Waals surface area contributed by atoms with Crippen LogP contribution >= 0.6 is 0 Å². The summed E-state index contributed by atoms with van der Waals surface area (Å²) < 4.78 is 0. The summed E-state index contributed by atoms with van der Waals surface area (Å²) in [7, 11) is 1.83. The van der Waals surface area contributed by atoms with Crippen LogP contribution in [0.1, 0.15) is 13.8 Å². The smallest absolute Gasteiger partial charge is 0.310 e. The van der Waals surface area contributed by atoms with E-state index in [4.69, 9.17) is 5.11 Å². The highest BCUT2D eigenvalue weighted by molar-refractivity contribution is 5.71. The van der Waals surface area contributed by atoms with Crippen LogP contribution in [0.25, 0.3) is 0 Å². The van der Waals surface area contributed by atoms with Gasteiger partial charge in [-0.05, 0) is 20.9 Å². The van der Waals surface area contributed by atoms with E-state index in [1.165, 1.54) is 0 Å². The highest BCUT2D eigenvalue weighted by Gasteiger charge is 2.05. The van der Waals surface area contributed by atoms with Crippen molar-refractivity contribution in [2.45, 2.75) is 19.9 Å². The molecule has 0 heterocycles. The first-order valence-corrected chi connectivity index (χ1v) is 3.66. The third-order valence-corrected chi connectivity index (χ3v) is 1.53. The number of carboxylic acids is 1. The summed E-state index contributed by atoms with van der Waals surface area (Å²) in [4.78, 5) is 10.3. The second kappa shape index (κ2) is 4.91. The van der Waals surface area contributed by atoms with Crippen LogP contribution in [0.3, 0.4) is 0 Å². The maximum Gasteiger partial charge on any atom is 0.310 e. The van der Waals surface area contributed by atoms with Gasteiger partial charge in [0.25, 0.3) is 0 Å². The molecule has 0 saturated heterocycles. The fourth-order valence-electron chi connectivity index (χ4n) is 0.512. The summed E-state index contributed by atoms with van der Waals surface area (Å²) in [5.41, 5.74) is 0. The Morgan fingerprint density at radius 2 is 2.00 bits per heavy atom. The zero-order valence-electron chi connectivity index (χ0n) is 7.16. The van der Waals surface area contributed by atoms with Crippen molar-refractivity contribution in [2.24, 2.45) is 5.92 Å². The summed E-state index contributed by atoms with van der Waals surface area (Å²) >= 11 is 0. The molecule has 0 aliphatic carbocycles. The van der Waals surface area contributed by atoms with Crippen molar-refractivity contribution in [1.82, 2.24) is 5.32 Å². The molecule has 0 amide bonds. The van der Waals surface area contributed by atoms with Crippen LogP contribution in [-0.4, -0.2) is 24.2 Å². The first kappa shape index (κ1) is 10.2. The Bertz CT molecular complexity index is 154. The van der Waals surface area contributed by atoms with Crippen molar-refractivity contribution in [2.75, 3.05) is 7.05 Å². The molecule has 0 rings (SSSR count). The standard InChI is InChI=1S/C8H15NO2/c1-6(8(10)11)4-5-7(2)9-3/h4-7,9H,1-3H3,(H,10,11)/b5-4+/t6-,7-/m0/s1. The molecule has 3 nitrogen and oxygen atoms in total. The van der Waals surface area contributed by atoms with Gasteiger partial charge in [-0.2, -0.15) is 0 Å². The molecule has 2 N–H and O–H groups in total. The van der Waals surface area contributed by atoms with Crippen LogP contribution in [0.2, 0.25) is 0 Å². The van der Waals surface area contributed by atoms with E-state index >= 15 is 0 Å². The molecule has 0 aromatic rings. The first-order valence-electron chi connectivity index (χ1n) is 3.66. The summed E-state index contributed by atoms with van der Waals surface area (Å²) in [5.74, 6) is -1.18. The minimum Gasteiger partial charge on any atom is -0.481 e. The Morgan fingerprint density at radius 3 is 2.36 bits per heavy atom. The number of carboxylic acid groups (broad SMARTS) is 1. The molecule has 0 fully saturated rings. The van der Waals surface area contributed by atoms with Crippen molar-refractivity contribution >= 4 is 5.97 Å². The fraction of sp³-hybridized carbons (Fsp3) is 0.625. The van der Waals surface area contributed by atoms with E-state index in [2.05, 4.69) is 5.32 Å². The van der Waals surface area contributed by atoms with E-state index < -0.39 is 11.9 Å². The molecule has 0 radical (unpaired) electrons. The lowest BCUT2D eigenvalue weighted by atomic mass is 10.1. The quantitative estimate of drug-likeness (QED) is 0.595. The zero-order chi connectivity index (χ0) is 8.85. The fourth-order valence-corrected chi connectivity index (χ4v) is 0.512. The van der Waals surface area contributed by atoms with Crippen molar-refractivity contribution in [3.05, 3.63) is 12.2 Å². The third kappa shape index (κ3) is 4.56. The van der Waals surface area contributed by atoms with Gasteiger partial charge in [-0.15, -0.1) is 0 Å². The van der Waals surface area contributed by atoms with Gasteiger partial charge >= 0.3 is 5.97 Å². The molecule has 0 aromatic heterocycles. The largest absolute Gasteiger partial charge is 0.481 e. The van der Waals surface area contributed by atoms with Crippen molar-refractivity contribution in [3.63, 3.8) is 0 Å². The van der Waals surface area contributed by atoms with E-state index in [0.29, 0.717) is 0 Å². The molecule has 0 aliphatic heterocycles. The second-order valence-corrected chi connectivity index (χ2v) is 2.59. The number of hydrogen-bond donors (Lipinski definition) is 2. The van der Waals surface area contributed by atoms with Gasteiger partial charge in [0.2, 0.25) is 0 Å². The molecule has 0 unspecified atom stereocenters. The van der Waals surface area contributed by atoms with Gasteiger partial charge in [-0.25, -0.2) is 0 Å². The molecule has 0 aliphatic rings. The zero-order valence-corrected chi connectivity index (χ0v) is 7.16. The minimum atomic E-state index is -0.787. The van der Waals surface area contributed by atoms with Crippen LogP contribution in [-0.2, 0) is 4.79 Å². The van der Waals surface area contributed by atoms with Crippen molar-refractivity contribution in [3.8, 4) is 0 Å². The lowest BCUT2D eigenvalue weighted by Gasteiger charge is -2.03. The van der Waals surface area contributed by atoms with Gasteiger partial charge in [0.1, 0.15) is 0 Å². The Labute approximate surface area is 67.1 Å². The van der Waals surface area contributed by atoms with E-state index in [9.17, 15) is 4.79 Å². The van der Waals surface area contributed by atoms with Crippen LogP contribution < -0.4 is 5.32 Å². The van der Waals surface area contributed by atoms with Gasteiger partial charge in [-0.3, -0.25) is 4.79 Å². The van der Waals surface area contributed by atoms with Gasteiger partial charge in [0.15, 0.2) is 0 Å². The Kier molecular flexibility index (Phi) is 4.54. The number of carbonyl (C=O) groups is 1. The first-order chi connectivity index (χ1) is 5.07. The SMILES string of the molecule is CN[C@@H](C)/C=C/[C@H](C)C(=O)O. The van der Waals surface area contributed by atoms with Crippen molar-refractivity contribution in [1.29, 1.82) is 0 Å². The number of aliphatic carboxylic acids is 1. The minimum absolute atomic E-state index is 0.233. The molecule has 0 saturated carbocycles. The predicted molar refractivity (Wildman–Crippen MR) is 44.5 cm³/mol. The van der Waals surface area contributed by atoms with Gasteiger partial charge in [-0.1, -0.05) is 12.2 Å². The van der Waals surface area contributed by atoms with E-state index in [1.54, 1.807) is 13.0 Å². The average Bonchev–Trinajstić information content (AvgIpc) is 1.99. The van der Waals surface area contributed by atoms with Crippen LogP contribution in [0.15, 0.2) is 12.2 Å². The number of hydrogen-bond acceptors (Lipinski definition) is 2. The molecular formula is C8H15NO2. The molecular weight excluding hydrogens is 142 g/mol. The predicted octanol–water partition coefficient (Wildman–Crippen LogP) is 0.871. The number of rotatable bonds is 4. The molecule has 3 heteroatoms. The molecule has 0 aromatic carbocycles. The van der Waals surface area contributed by atoms with Gasteiger partial charge in [0.05, 0.1) is 5.92 Å². The maximum absolute atomic E-state index is 10.3. The van der Waals surface area contributed by atoms with Crippen LogP contribution in [0.4, 0.5) is 0 Å². The topological polar surface area (TPSA) is 49.3 Å². The summed E-state index contributed by atoms with van der Waals surface area (Å²) in [6.07, 6.45) is 3.53. The Balaban J connectivity index is 3.82. The van der Waals surface area contributed by atoms with Crippen LogP contribution in [0.5, 0.6) is 0 Å². The third-order valence-electron chi connectivity index (χ3n) is 1.53. The summed E-state index contributed by atoms with van der Waals surface area (Å²) in [5, 5.41) is 11.5. The van der Waals surface area contributed by atoms with Gasteiger partial charge in [0, 0.05) is 6.04 Å². The highest BCUT2D eigenvalue weighted by atomic mass is 16.4. The molecule has 0 bridgehead atoms. The summed E-state index contributed by atoms with van der Waals surface area (Å²) in [6.45, 7) is 3.62.